The van der Waals surface area contributed by atoms with E-state index < -0.39 is 0 Å². The second-order valence-electron chi connectivity index (χ2n) is 13.3. The summed E-state index contributed by atoms with van der Waals surface area (Å²) in [7, 11) is 0. The zero-order valence-electron chi connectivity index (χ0n) is 25.6. The minimum Gasteiger partial charge on any atom is -0.457 e. The Labute approximate surface area is 252 Å². The second kappa shape index (κ2) is 9.84. The van der Waals surface area contributed by atoms with E-state index >= 15 is 0 Å². The first-order chi connectivity index (χ1) is 20.6. The van der Waals surface area contributed by atoms with E-state index in [9.17, 15) is 0 Å². The van der Waals surface area contributed by atoms with Crippen LogP contribution in [0.15, 0.2) is 110 Å². The molecule has 5 nitrogen and oxygen atoms in total. The van der Waals surface area contributed by atoms with Crippen LogP contribution in [0.2, 0.25) is 0 Å². The van der Waals surface area contributed by atoms with E-state index in [2.05, 4.69) is 135 Å². The number of hydrogen-bond donors (Lipinski definition) is 0. The van der Waals surface area contributed by atoms with Crippen LogP contribution in [0.3, 0.4) is 0 Å². The predicted molar refractivity (Wildman–Crippen MR) is 177 cm³/mol. The van der Waals surface area contributed by atoms with Gasteiger partial charge in [-0.2, -0.15) is 0 Å². The smallest absolute Gasteiger partial charge is 0.137 e. The van der Waals surface area contributed by atoms with Crippen molar-refractivity contribution < 1.29 is 4.74 Å². The lowest BCUT2D eigenvalue weighted by molar-refractivity contribution is 0.455. The maximum atomic E-state index is 6.79. The topological polar surface area (TPSA) is 44.9 Å². The van der Waals surface area contributed by atoms with Crippen molar-refractivity contribution in [3.8, 4) is 23.0 Å². The molecule has 3 heterocycles. The molecular formula is C38H36N4O. The summed E-state index contributed by atoms with van der Waals surface area (Å²) in [5.74, 6) is 2.51. The van der Waals surface area contributed by atoms with Gasteiger partial charge in [0.15, 0.2) is 0 Å². The Morgan fingerprint density at radius 2 is 1.37 bits per heavy atom. The van der Waals surface area contributed by atoms with E-state index in [1.165, 1.54) is 16.3 Å². The third kappa shape index (κ3) is 4.75. The Kier molecular flexibility index (Phi) is 6.17. The van der Waals surface area contributed by atoms with Crippen molar-refractivity contribution in [1.82, 2.24) is 19.1 Å². The van der Waals surface area contributed by atoms with Crippen LogP contribution in [0.1, 0.15) is 52.7 Å². The number of fused-ring (bicyclic) bond motifs is 4. The first kappa shape index (κ1) is 27.0. The van der Waals surface area contributed by atoms with Crippen molar-refractivity contribution >= 4 is 32.8 Å². The quantitative estimate of drug-likeness (QED) is 0.214. The van der Waals surface area contributed by atoms with Gasteiger partial charge in [-0.05, 0) is 64.9 Å². The van der Waals surface area contributed by atoms with Gasteiger partial charge < -0.3 is 4.74 Å². The Bertz CT molecular complexity index is 2140. The maximum absolute atomic E-state index is 6.79. The van der Waals surface area contributed by atoms with Crippen LogP contribution >= 0.6 is 0 Å². The van der Waals surface area contributed by atoms with Crippen LogP contribution in [0, 0.1) is 0 Å². The highest BCUT2D eigenvalue weighted by Crippen LogP contribution is 2.39. The molecule has 0 saturated carbocycles. The van der Waals surface area contributed by atoms with Gasteiger partial charge in [0.2, 0.25) is 0 Å². The van der Waals surface area contributed by atoms with Gasteiger partial charge in [0.05, 0.1) is 27.8 Å². The summed E-state index contributed by atoms with van der Waals surface area (Å²) in [6.45, 7) is 13.4. The second-order valence-corrected chi connectivity index (χ2v) is 13.3. The Morgan fingerprint density at radius 1 is 0.628 bits per heavy atom. The van der Waals surface area contributed by atoms with Crippen LogP contribution in [0.25, 0.3) is 44.3 Å². The number of benzene rings is 4. The van der Waals surface area contributed by atoms with E-state index in [4.69, 9.17) is 9.72 Å². The molecule has 3 aromatic heterocycles. The van der Waals surface area contributed by atoms with Gasteiger partial charge >= 0.3 is 0 Å². The summed E-state index contributed by atoms with van der Waals surface area (Å²) in [4.78, 5) is 9.44. The highest BCUT2D eigenvalue weighted by Gasteiger charge is 2.22. The van der Waals surface area contributed by atoms with Crippen LogP contribution in [0.5, 0.6) is 11.5 Å². The molecule has 0 aliphatic rings. The van der Waals surface area contributed by atoms with Gasteiger partial charge in [0.25, 0.3) is 0 Å². The van der Waals surface area contributed by atoms with Crippen LogP contribution in [0.4, 0.5) is 0 Å². The fraction of sp³-hybridized carbons (Fsp3) is 0.211. The molecule has 0 aliphatic carbocycles. The molecule has 0 atom stereocenters. The fourth-order valence-electron chi connectivity index (χ4n) is 5.92. The number of rotatable bonds is 4. The minimum absolute atomic E-state index is 0.0136. The normalized spacial score (nSPS) is 12.4. The third-order valence-electron chi connectivity index (χ3n) is 8.22. The van der Waals surface area contributed by atoms with Crippen molar-refractivity contribution in [3.63, 3.8) is 0 Å². The van der Waals surface area contributed by atoms with Crippen LogP contribution in [-0.4, -0.2) is 19.1 Å². The van der Waals surface area contributed by atoms with Gasteiger partial charge in [-0.1, -0.05) is 77.9 Å². The molecular weight excluding hydrogens is 528 g/mol. The van der Waals surface area contributed by atoms with Crippen LogP contribution in [-0.2, 0) is 10.8 Å². The molecule has 0 amide bonds. The molecule has 0 fully saturated rings. The lowest BCUT2D eigenvalue weighted by Gasteiger charge is -2.24. The number of ether oxygens (including phenoxy) is 1. The van der Waals surface area contributed by atoms with Crippen molar-refractivity contribution in [2.45, 2.75) is 52.4 Å². The highest BCUT2D eigenvalue weighted by atomic mass is 16.5. The average molecular weight is 565 g/mol. The van der Waals surface area contributed by atoms with Crippen molar-refractivity contribution in [2.75, 3.05) is 0 Å². The molecule has 0 spiro atoms. The van der Waals surface area contributed by atoms with Gasteiger partial charge in [-0.25, -0.2) is 9.97 Å². The molecule has 7 rings (SSSR count). The zero-order valence-corrected chi connectivity index (χ0v) is 25.6. The van der Waals surface area contributed by atoms with E-state index in [1.54, 1.807) is 0 Å². The standard InChI is InChI=1S/C38H36N4O/c1-37(2,3)25-19-20-39-36(21-25)42-32-13-9-7-11-28(32)29-17-16-27(23-34(29)42)43-35-22-26(15-18-30(35)38(4,5)6)41-24-40-31-12-8-10-14-33(31)41/h7-24H,1-6H3. The van der Waals surface area contributed by atoms with Gasteiger partial charge in [0.1, 0.15) is 23.6 Å². The van der Waals surface area contributed by atoms with E-state index in [-0.39, 0.29) is 10.8 Å². The Morgan fingerprint density at radius 3 is 2.16 bits per heavy atom. The predicted octanol–water partition coefficient (Wildman–Crippen LogP) is 9.90. The van der Waals surface area contributed by atoms with Gasteiger partial charge in [-0.3, -0.25) is 9.13 Å². The van der Waals surface area contributed by atoms with E-state index in [1.807, 2.05) is 30.7 Å². The first-order valence-electron chi connectivity index (χ1n) is 14.8. The summed E-state index contributed by atoms with van der Waals surface area (Å²) in [6.07, 6.45) is 3.79. The van der Waals surface area contributed by atoms with Gasteiger partial charge in [-0.15, -0.1) is 0 Å². The summed E-state index contributed by atoms with van der Waals surface area (Å²) in [5.41, 5.74) is 7.51. The molecule has 0 bridgehead atoms. The number of imidazole rings is 1. The molecule has 7 aromatic rings. The SMILES string of the molecule is CC(C)(C)c1ccnc(-n2c3ccccc3c3ccc(Oc4cc(-n5cnc6ccccc65)ccc4C(C)(C)C)cc32)c1. The van der Waals surface area contributed by atoms with Crippen molar-refractivity contribution in [3.05, 3.63) is 121 Å². The largest absolute Gasteiger partial charge is 0.457 e. The maximum Gasteiger partial charge on any atom is 0.137 e. The number of aromatic nitrogens is 4. The number of hydrogen-bond acceptors (Lipinski definition) is 3. The minimum atomic E-state index is -0.110. The molecule has 0 N–H and O–H groups in total. The average Bonchev–Trinajstić information content (AvgIpc) is 3.55. The summed E-state index contributed by atoms with van der Waals surface area (Å²) < 4.78 is 11.2. The molecule has 0 unspecified atom stereocenters. The third-order valence-corrected chi connectivity index (χ3v) is 8.22. The van der Waals surface area contributed by atoms with Crippen molar-refractivity contribution in [2.24, 2.45) is 0 Å². The monoisotopic (exact) mass is 564 g/mol. The van der Waals surface area contributed by atoms with E-state index in [0.29, 0.717) is 0 Å². The highest BCUT2D eigenvalue weighted by molar-refractivity contribution is 6.09. The Balaban J connectivity index is 1.39. The zero-order chi connectivity index (χ0) is 29.9. The number of nitrogens with zero attached hydrogens (tertiary/aromatic N) is 4. The summed E-state index contributed by atoms with van der Waals surface area (Å²) >= 11 is 0. The molecule has 0 radical (unpaired) electrons. The van der Waals surface area contributed by atoms with Crippen LogP contribution < -0.4 is 4.74 Å². The molecule has 43 heavy (non-hydrogen) atoms. The lowest BCUT2D eigenvalue weighted by Crippen LogP contribution is -2.13. The number of para-hydroxylation sites is 3. The molecule has 0 aliphatic heterocycles. The van der Waals surface area contributed by atoms with E-state index in [0.717, 1.165) is 50.6 Å². The molecule has 0 saturated heterocycles. The Hall–Kier alpha value is -4.90. The fourth-order valence-corrected chi connectivity index (χ4v) is 5.92. The summed E-state index contributed by atoms with van der Waals surface area (Å²) in [6, 6.07) is 33.9. The molecule has 4 aromatic carbocycles. The molecule has 5 heteroatoms. The van der Waals surface area contributed by atoms with Crippen molar-refractivity contribution in [1.29, 1.82) is 0 Å². The summed E-state index contributed by atoms with van der Waals surface area (Å²) in [5, 5.41) is 2.36. The number of pyridine rings is 1. The lowest BCUT2D eigenvalue weighted by atomic mass is 9.86. The molecule has 214 valence electrons. The first-order valence-corrected chi connectivity index (χ1v) is 14.8. The van der Waals surface area contributed by atoms with Gasteiger partial charge in [0, 0.05) is 34.7 Å².